The SMILES string of the molecule is COc1cc(-c2ccc(C#N)cc2)ccc1C(=O)O. The molecule has 0 heterocycles. The molecule has 1 N–H and O–H groups in total. The van der Waals surface area contributed by atoms with Crippen LogP contribution in [0.25, 0.3) is 11.1 Å². The molecule has 0 aliphatic heterocycles. The number of carboxylic acids is 1. The first-order valence-corrected chi connectivity index (χ1v) is 5.57. The van der Waals surface area contributed by atoms with Gasteiger partial charge in [0, 0.05) is 0 Å². The van der Waals surface area contributed by atoms with Crippen LogP contribution in [-0.2, 0) is 0 Å². The minimum absolute atomic E-state index is 0.125. The molecule has 0 aromatic heterocycles. The van der Waals surface area contributed by atoms with Crippen LogP contribution in [0.4, 0.5) is 0 Å². The fraction of sp³-hybridized carbons (Fsp3) is 0.0667. The predicted molar refractivity (Wildman–Crippen MR) is 70.1 cm³/mol. The van der Waals surface area contributed by atoms with Crippen molar-refractivity contribution in [1.82, 2.24) is 0 Å². The smallest absolute Gasteiger partial charge is 0.339 e. The monoisotopic (exact) mass is 253 g/mol. The summed E-state index contributed by atoms with van der Waals surface area (Å²) in [5, 5.41) is 17.8. The summed E-state index contributed by atoms with van der Waals surface area (Å²) in [4.78, 5) is 11.0. The number of rotatable bonds is 3. The van der Waals surface area contributed by atoms with Gasteiger partial charge < -0.3 is 9.84 Å². The fourth-order valence-corrected chi connectivity index (χ4v) is 1.78. The second-order valence-corrected chi connectivity index (χ2v) is 3.91. The van der Waals surface area contributed by atoms with Gasteiger partial charge in [0.2, 0.25) is 0 Å². The van der Waals surface area contributed by atoms with Crippen molar-refractivity contribution in [3.05, 3.63) is 53.6 Å². The summed E-state index contributed by atoms with van der Waals surface area (Å²) in [6.07, 6.45) is 0. The van der Waals surface area contributed by atoms with Gasteiger partial charge in [-0.2, -0.15) is 5.26 Å². The number of methoxy groups -OCH3 is 1. The minimum atomic E-state index is -1.02. The molecule has 0 aliphatic carbocycles. The molecule has 0 saturated carbocycles. The van der Waals surface area contributed by atoms with E-state index in [4.69, 9.17) is 15.1 Å². The van der Waals surface area contributed by atoms with Crippen molar-refractivity contribution in [3.8, 4) is 22.9 Å². The van der Waals surface area contributed by atoms with Gasteiger partial charge in [0.05, 0.1) is 18.7 Å². The molecule has 2 aromatic carbocycles. The third-order valence-electron chi connectivity index (χ3n) is 2.78. The Labute approximate surface area is 110 Å². The maximum atomic E-state index is 11.0. The third kappa shape index (κ3) is 2.55. The summed E-state index contributed by atoms with van der Waals surface area (Å²) in [6.45, 7) is 0. The summed E-state index contributed by atoms with van der Waals surface area (Å²) in [6, 6.07) is 14.0. The van der Waals surface area contributed by atoms with Gasteiger partial charge in [-0.15, -0.1) is 0 Å². The zero-order chi connectivity index (χ0) is 13.8. The van der Waals surface area contributed by atoms with E-state index in [-0.39, 0.29) is 5.56 Å². The average Bonchev–Trinajstić information content (AvgIpc) is 2.46. The molecule has 0 fully saturated rings. The number of benzene rings is 2. The standard InChI is InChI=1S/C15H11NO3/c1-19-14-8-12(6-7-13(14)15(17)18)11-4-2-10(9-16)3-5-11/h2-8H,1H3,(H,17,18). The molecule has 19 heavy (non-hydrogen) atoms. The highest BCUT2D eigenvalue weighted by Gasteiger charge is 2.11. The zero-order valence-electron chi connectivity index (χ0n) is 10.3. The molecule has 0 radical (unpaired) electrons. The van der Waals surface area contributed by atoms with Crippen molar-refractivity contribution in [2.75, 3.05) is 7.11 Å². The normalized spacial score (nSPS) is 9.68. The molecule has 4 heteroatoms. The van der Waals surface area contributed by atoms with Crippen LogP contribution < -0.4 is 4.74 Å². The lowest BCUT2D eigenvalue weighted by Gasteiger charge is -2.08. The Bertz CT molecular complexity index is 654. The number of hydrogen-bond donors (Lipinski definition) is 1. The maximum absolute atomic E-state index is 11.0. The van der Waals surface area contributed by atoms with Gasteiger partial charge in [-0.1, -0.05) is 18.2 Å². The van der Waals surface area contributed by atoms with Gasteiger partial charge in [0.25, 0.3) is 0 Å². The Kier molecular flexibility index (Phi) is 3.48. The highest BCUT2D eigenvalue weighted by Crippen LogP contribution is 2.27. The van der Waals surface area contributed by atoms with Crippen molar-refractivity contribution in [3.63, 3.8) is 0 Å². The highest BCUT2D eigenvalue weighted by molar-refractivity contribution is 5.92. The van der Waals surface area contributed by atoms with Gasteiger partial charge in [0.15, 0.2) is 0 Å². The zero-order valence-corrected chi connectivity index (χ0v) is 10.3. The quantitative estimate of drug-likeness (QED) is 0.912. The van der Waals surface area contributed by atoms with Crippen molar-refractivity contribution in [2.45, 2.75) is 0 Å². The molecular formula is C15H11NO3. The van der Waals surface area contributed by atoms with E-state index >= 15 is 0 Å². The topological polar surface area (TPSA) is 70.3 Å². The molecule has 94 valence electrons. The predicted octanol–water partition coefficient (Wildman–Crippen LogP) is 2.93. The second-order valence-electron chi connectivity index (χ2n) is 3.91. The minimum Gasteiger partial charge on any atom is -0.496 e. The first-order chi connectivity index (χ1) is 9.15. The Balaban J connectivity index is 2.45. The van der Waals surface area contributed by atoms with Crippen LogP contribution in [-0.4, -0.2) is 18.2 Å². The van der Waals surface area contributed by atoms with E-state index in [1.165, 1.54) is 13.2 Å². The van der Waals surface area contributed by atoms with Gasteiger partial charge in [-0.25, -0.2) is 4.79 Å². The lowest BCUT2D eigenvalue weighted by Crippen LogP contribution is -2.00. The number of hydrogen-bond acceptors (Lipinski definition) is 3. The van der Waals surface area contributed by atoms with Crippen LogP contribution in [0.15, 0.2) is 42.5 Å². The number of carbonyl (C=O) groups is 1. The Morgan fingerprint density at radius 1 is 1.16 bits per heavy atom. The van der Waals surface area contributed by atoms with Crippen LogP contribution in [0.3, 0.4) is 0 Å². The van der Waals surface area contributed by atoms with Gasteiger partial charge in [-0.05, 0) is 35.4 Å². The molecule has 2 rings (SSSR count). The van der Waals surface area contributed by atoms with Crippen molar-refractivity contribution in [1.29, 1.82) is 5.26 Å². The van der Waals surface area contributed by atoms with E-state index in [9.17, 15) is 4.79 Å². The average molecular weight is 253 g/mol. The Morgan fingerprint density at radius 2 is 1.79 bits per heavy atom. The van der Waals surface area contributed by atoms with Crippen molar-refractivity contribution >= 4 is 5.97 Å². The third-order valence-corrected chi connectivity index (χ3v) is 2.78. The lowest BCUT2D eigenvalue weighted by molar-refractivity contribution is 0.0693. The largest absolute Gasteiger partial charge is 0.496 e. The lowest BCUT2D eigenvalue weighted by atomic mass is 10.0. The molecule has 0 amide bonds. The molecular weight excluding hydrogens is 242 g/mol. The summed E-state index contributed by atoms with van der Waals surface area (Å²) >= 11 is 0. The van der Waals surface area contributed by atoms with Crippen molar-refractivity contribution < 1.29 is 14.6 Å². The number of nitrogens with zero attached hydrogens (tertiary/aromatic N) is 1. The first kappa shape index (κ1) is 12.7. The Morgan fingerprint density at radius 3 is 2.32 bits per heavy atom. The molecule has 2 aromatic rings. The molecule has 0 unspecified atom stereocenters. The molecule has 0 aliphatic rings. The van der Waals surface area contributed by atoms with E-state index in [1.807, 2.05) is 18.2 Å². The molecule has 0 spiro atoms. The number of carboxylic acid groups (broad SMARTS) is 1. The summed E-state index contributed by atoms with van der Waals surface area (Å²) in [5.41, 5.74) is 2.44. The van der Waals surface area contributed by atoms with Crippen LogP contribution >= 0.6 is 0 Å². The van der Waals surface area contributed by atoms with Gasteiger partial charge in [0.1, 0.15) is 11.3 Å². The van der Waals surface area contributed by atoms with Gasteiger partial charge >= 0.3 is 5.97 Å². The van der Waals surface area contributed by atoms with Gasteiger partial charge in [-0.3, -0.25) is 0 Å². The van der Waals surface area contributed by atoms with Crippen LogP contribution in [0.2, 0.25) is 0 Å². The first-order valence-electron chi connectivity index (χ1n) is 5.57. The van der Waals surface area contributed by atoms with Crippen LogP contribution in [0.1, 0.15) is 15.9 Å². The molecule has 4 nitrogen and oxygen atoms in total. The second kappa shape index (κ2) is 5.23. The van der Waals surface area contributed by atoms with Crippen molar-refractivity contribution in [2.24, 2.45) is 0 Å². The molecule has 0 saturated heterocycles. The van der Waals surface area contributed by atoms with Crippen LogP contribution in [0.5, 0.6) is 5.75 Å². The summed E-state index contributed by atoms with van der Waals surface area (Å²) in [7, 11) is 1.43. The summed E-state index contributed by atoms with van der Waals surface area (Å²) in [5.74, 6) is -0.711. The highest BCUT2D eigenvalue weighted by atomic mass is 16.5. The van der Waals surface area contributed by atoms with E-state index < -0.39 is 5.97 Å². The molecule has 0 bridgehead atoms. The number of nitriles is 1. The molecule has 0 atom stereocenters. The number of ether oxygens (including phenoxy) is 1. The number of aromatic carboxylic acids is 1. The van der Waals surface area contributed by atoms with E-state index in [0.717, 1.165) is 11.1 Å². The Hall–Kier alpha value is -2.80. The maximum Gasteiger partial charge on any atom is 0.339 e. The van der Waals surface area contributed by atoms with E-state index in [1.54, 1.807) is 24.3 Å². The van der Waals surface area contributed by atoms with Crippen LogP contribution in [0, 0.1) is 11.3 Å². The fourth-order valence-electron chi connectivity index (χ4n) is 1.78. The van der Waals surface area contributed by atoms with E-state index in [0.29, 0.717) is 11.3 Å². The van der Waals surface area contributed by atoms with E-state index in [2.05, 4.69) is 0 Å². The summed E-state index contributed by atoms with van der Waals surface area (Å²) < 4.78 is 5.08.